The van der Waals surface area contributed by atoms with E-state index in [2.05, 4.69) is 4.89 Å². The van der Waals surface area contributed by atoms with Gasteiger partial charge in [0, 0.05) is 12.8 Å². The lowest BCUT2D eigenvalue weighted by Gasteiger charge is -2.28. The summed E-state index contributed by atoms with van der Waals surface area (Å²) in [5.41, 5.74) is 0. The molecule has 0 aliphatic rings. The summed E-state index contributed by atoms with van der Waals surface area (Å²) in [5.74, 6) is -2.60. The van der Waals surface area contributed by atoms with Crippen molar-refractivity contribution < 1.29 is 25.0 Å². The number of hydrogen-bond acceptors (Lipinski definition) is 5. The molecule has 0 fully saturated rings. The Balaban J connectivity index is 3.99. The highest BCUT2D eigenvalue weighted by Crippen LogP contribution is 2.20. The fourth-order valence-electron chi connectivity index (χ4n) is 0.376. The van der Waals surface area contributed by atoms with Gasteiger partial charge in [0.05, 0.1) is 0 Å². The van der Waals surface area contributed by atoms with E-state index in [9.17, 15) is 5.11 Å². The minimum Gasteiger partial charge on any atom is -0.363 e. The van der Waals surface area contributed by atoms with Crippen LogP contribution in [0.25, 0.3) is 0 Å². The van der Waals surface area contributed by atoms with Gasteiger partial charge in [-0.05, 0) is 13.8 Å². The summed E-state index contributed by atoms with van der Waals surface area (Å²) < 4.78 is 0. The van der Waals surface area contributed by atoms with Crippen LogP contribution in [0.1, 0.15) is 40.5 Å². The van der Waals surface area contributed by atoms with Crippen LogP contribution < -0.4 is 0 Å². The third-order valence-electron chi connectivity index (χ3n) is 1.89. The van der Waals surface area contributed by atoms with Crippen LogP contribution in [0.4, 0.5) is 0 Å². The molecule has 0 aliphatic carbocycles. The second-order valence-corrected chi connectivity index (χ2v) is 3.27. The van der Waals surface area contributed by atoms with E-state index in [0.717, 1.165) is 0 Å². The summed E-state index contributed by atoms with van der Waals surface area (Å²) in [7, 11) is 0. The molecule has 0 spiro atoms. The zero-order valence-electron chi connectivity index (χ0n) is 8.53. The van der Waals surface area contributed by atoms with Gasteiger partial charge >= 0.3 is 0 Å². The zero-order chi connectivity index (χ0) is 10.5. The lowest BCUT2D eigenvalue weighted by Crippen LogP contribution is -2.36. The lowest BCUT2D eigenvalue weighted by molar-refractivity contribution is -0.536. The minimum atomic E-state index is -1.37. The standard InChI is InChI=1S/C8H18O5/c1-5-7(3,9)12-13-8(4,6-2)11-10/h9-10H,5-6H2,1-4H3. The van der Waals surface area contributed by atoms with Crippen molar-refractivity contribution >= 4 is 0 Å². The van der Waals surface area contributed by atoms with Crippen molar-refractivity contribution in [3.8, 4) is 0 Å². The molecule has 0 aromatic heterocycles. The SMILES string of the molecule is CCC(C)(O)OOC(C)(CC)OO. The van der Waals surface area contributed by atoms with Crippen LogP contribution in [-0.2, 0) is 14.7 Å². The van der Waals surface area contributed by atoms with Crippen molar-refractivity contribution in [2.24, 2.45) is 0 Å². The molecule has 0 aromatic carbocycles. The first kappa shape index (κ1) is 12.8. The van der Waals surface area contributed by atoms with Gasteiger partial charge in [0.15, 0.2) is 5.79 Å². The van der Waals surface area contributed by atoms with E-state index in [1.807, 2.05) is 0 Å². The maximum absolute atomic E-state index is 9.39. The first-order valence-electron chi connectivity index (χ1n) is 4.31. The van der Waals surface area contributed by atoms with E-state index >= 15 is 0 Å². The summed E-state index contributed by atoms with van der Waals surface area (Å²) in [6.45, 7) is 6.45. The molecule has 0 saturated carbocycles. The summed E-state index contributed by atoms with van der Waals surface area (Å²) >= 11 is 0. The second kappa shape index (κ2) is 4.88. The van der Waals surface area contributed by atoms with Gasteiger partial charge in [0.1, 0.15) is 0 Å². The first-order valence-corrected chi connectivity index (χ1v) is 4.31. The van der Waals surface area contributed by atoms with Gasteiger partial charge in [-0.15, -0.1) is 0 Å². The van der Waals surface area contributed by atoms with Gasteiger partial charge in [-0.1, -0.05) is 13.8 Å². The molecule has 80 valence electrons. The molecule has 0 aliphatic heterocycles. The van der Waals surface area contributed by atoms with E-state index in [-0.39, 0.29) is 0 Å². The Morgan fingerprint density at radius 2 is 1.62 bits per heavy atom. The van der Waals surface area contributed by atoms with Crippen molar-refractivity contribution in [1.82, 2.24) is 0 Å². The van der Waals surface area contributed by atoms with Crippen molar-refractivity contribution in [3.05, 3.63) is 0 Å². The Labute approximate surface area is 78.1 Å². The molecule has 0 heterocycles. The number of hydrogen-bond donors (Lipinski definition) is 2. The molecule has 2 unspecified atom stereocenters. The Morgan fingerprint density at radius 1 is 1.08 bits per heavy atom. The average Bonchev–Trinajstić information content (AvgIpc) is 2.14. The third-order valence-corrected chi connectivity index (χ3v) is 1.89. The number of rotatable bonds is 6. The van der Waals surface area contributed by atoms with Crippen molar-refractivity contribution in [1.29, 1.82) is 0 Å². The lowest BCUT2D eigenvalue weighted by atomic mass is 10.2. The molecule has 0 saturated heterocycles. The maximum atomic E-state index is 9.39. The van der Waals surface area contributed by atoms with Gasteiger partial charge in [-0.3, -0.25) is 0 Å². The minimum absolute atomic E-state index is 0.373. The molecule has 5 heteroatoms. The van der Waals surface area contributed by atoms with Crippen LogP contribution in [0.15, 0.2) is 0 Å². The van der Waals surface area contributed by atoms with Gasteiger partial charge in [-0.2, -0.15) is 9.78 Å². The predicted molar refractivity (Wildman–Crippen MR) is 45.5 cm³/mol. The smallest absolute Gasteiger partial charge is 0.230 e. The Kier molecular flexibility index (Phi) is 4.80. The van der Waals surface area contributed by atoms with E-state index in [4.69, 9.17) is 15.0 Å². The van der Waals surface area contributed by atoms with E-state index in [1.165, 1.54) is 13.8 Å². The van der Waals surface area contributed by atoms with Crippen LogP contribution in [0.2, 0.25) is 0 Å². The Morgan fingerprint density at radius 3 is 1.92 bits per heavy atom. The van der Waals surface area contributed by atoms with E-state index in [0.29, 0.717) is 12.8 Å². The summed E-state index contributed by atoms with van der Waals surface area (Å²) in [6, 6.07) is 0. The molecule has 5 nitrogen and oxygen atoms in total. The first-order chi connectivity index (χ1) is 5.89. The van der Waals surface area contributed by atoms with Crippen LogP contribution >= 0.6 is 0 Å². The van der Waals surface area contributed by atoms with Crippen molar-refractivity contribution in [2.45, 2.75) is 52.1 Å². The number of aliphatic hydroxyl groups is 1. The molecule has 2 atom stereocenters. The molecular weight excluding hydrogens is 176 g/mol. The van der Waals surface area contributed by atoms with Crippen LogP contribution in [0.3, 0.4) is 0 Å². The van der Waals surface area contributed by atoms with Gasteiger partial charge in [0.2, 0.25) is 5.79 Å². The molecule has 0 aromatic rings. The predicted octanol–water partition coefficient (Wildman–Crippen LogP) is 1.67. The largest absolute Gasteiger partial charge is 0.363 e. The highest BCUT2D eigenvalue weighted by molar-refractivity contribution is 4.56. The van der Waals surface area contributed by atoms with Gasteiger partial charge in [0.25, 0.3) is 0 Å². The topological polar surface area (TPSA) is 68.2 Å². The molecule has 0 radical (unpaired) electrons. The highest BCUT2D eigenvalue weighted by Gasteiger charge is 2.30. The summed E-state index contributed by atoms with van der Waals surface area (Å²) in [4.78, 5) is 13.5. The summed E-state index contributed by atoms with van der Waals surface area (Å²) in [6.07, 6.45) is 0.765. The quantitative estimate of drug-likeness (QED) is 0.382. The van der Waals surface area contributed by atoms with Crippen LogP contribution in [0, 0.1) is 0 Å². The van der Waals surface area contributed by atoms with E-state index in [1.54, 1.807) is 13.8 Å². The Hall–Kier alpha value is -0.200. The fourth-order valence-corrected chi connectivity index (χ4v) is 0.376. The second-order valence-electron chi connectivity index (χ2n) is 3.27. The molecule has 0 bridgehead atoms. The van der Waals surface area contributed by atoms with Crippen LogP contribution in [-0.4, -0.2) is 21.9 Å². The molecule has 0 rings (SSSR count). The zero-order valence-corrected chi connectivity index (χ0v) is 8.53. The monoisotopic (exact) mass is 194 g/mol. The van der Waals surface area contributed by atoms with Gasteiger partial charge < -0.3 is 5.11 Å². The highest BCUT2D eigenvalue weighted by atomic mass is 17.3. The molecular formula is C8H18O5. The van der Waals surface area contributed by atoms with Crippen molar-refractivity contribution in [2.75, 3.05) is 0 Å². The molecule has 13 heavy (non-hydrogen) atoms. The summed E-state index contributed by atoms with van der Waals surface area (Å²) in [5, 5.41) is 17.9. The van der Waals surface area contributed by atoms with E-state index < -0.39 is 11.6 Å². The van der Waals surface area contributed by atoms with Gasteiger partial charge in [-0.25, -0.2) is 10.1 Å². The van der Waals surface area contributed by atoms with Crippen LogP contribution in [0.5, 0.6) is 0 Å². The van der Waals surface area contributed by atoms with Crippen molar-refractivity contribution in [3.63, 3.8) is 0 Å². The molecule has 0 amide bonds. The normalized spacial score (nSPS) is 20.8. The Bertz CT molecular complexity index is 141. The maximum Gasteiger partial charge on any atom is 0.230 e. The fraction of sp³-hybridized carbons (Fsp3) is 1.00. The average molecular weight is 194 g/mol. The third kappa shape index (κ3) is 4.54. The molecule has 2 N–H and O–H groups in total.